The Morgan fingerprint density at radius 2 is 2.24 bits per heavy atom. The van der Waals surface area contributed by atoms with Crippen molar-refractivity contribution in [3.8, 4) is 0 Å². The Labute approximate surface area is 133 Å². The van der Waals surface area contributed by atoms with Crippen molar-refractivity contribution < 1.29 is 0 Å². The minimum Gasteiger partial charge on any atom is -0.383 e. The van der Waals surface area contributed by atoms with E-state index < -0.39 is 0 Å². The largest absolute Gasteiger partial charge is 0.383 e. The van der Waals surface area contributed by atoms with E-state index in [9.17, 15) is 0 Å². The molecule has 0 bridgehead atoms. The molecule has 3 atom stereocenters. The number of fused-ring (bicyclic) bond motifs is 3. The monoisotopic (exact) mass is 343 g/mol. The van der Waals surface area contributed by atoms with Crippen LogP contribution in [0.15, 0.2) is 34.9 Å². The van der Waals surface area contributed by atoms with Crippen LogP contribution in [0.2, 0.25) is 0 Å². The Morgan fingerprint density at radius 3 is 3.05 bits per heavy atom. The molecular formula is C17H18BrN3. The number of rotatable bonds is 3. The number of aryl methyl sites for hydroxylation is 1. The maximum Gasteiger partial charge on any atom is 0.128 e. The minimum atomic E-state index is 0.595. The SMILES string of the molecule is Cc1ccnc(N)c1CN[C@@H]1[C@H]2Cc3cc(Br)ccc3[C@H]21. The summed E-state index contributed by atoms with van der Waals surface area (Å²) >= 11 is 3.56. The van der Waals surface area contributed by atoms with Crippen LogP contribution in [-0.2, 0) is 13.0 Å². The first-order valence-corrected chi connectivity index (χ1v) is 8.16. The fraction of sp³-hybridized carbons (Fsp3) is 0.353. The van der Waals surface area contributed by atoms with Gasteiger partial charge in [0.1, 0.15) is 5.82 Å². The van der Waals surface area contributed by atoms with Gasteiger partial charge < -0.3 is 11.1 Å². The van der Waals surface area contributed by atoms with Gasteiger partial charge in [-0.1, -0.05) is 22.0 Å². The molecule has 3 N–H and O–H groups in total. The van der Waals surface area contributed by atoms with Crippen molar-refractivity contribution in [2.75, 3.05) is 5.73 Å². The minimum absolute atomic E-state index is 0.595. The summed E-state index contributed by atoms with van der Waals surface area (Å²) in [6, 6.07) is 9.31. The van der Waals surface area contributed by atoms with E-state index in [1.807, 2.05) is 6.07 Å². The van der Waals surface area contributed by atoms with Crippen LogP contribution in [0.1, 0.15) is 28.2 Å². The lowest BCUT2D eigenvalue weighted by Gasteiger charge is -2.12. The molecule has 0 spiro atoms. The van der Waals surface area contributed by atoms with Gasteiger partial charge in [-0.15, -0.1) is 0 Å². The smallest absolute Gasteiger partial charge is 0.128 e. The van der Waals surface area contributed by atoms with Crippen LogP contribution >= 0.6 is 15.9 Å². The Bertz CT molecular complexity index is 693. The van der Waals surface area contributed by atoms with Gasteiger partial charge in [-0.3, -0.25) is 0 Å². The standard InChI is InChI=1S/C17H18BrN3/c1-9-4-5-20-17(19)14(9)8-21-16-13-7-10-6-11(18)2-3-12(10)15(13)16/h2-6,13,15-16,21H,7-8H2,1H3,(H2,19,20)/t13-,15+,16+/m0/s1. The molecule has 0 unspecified atom stereocenters. The first kappa shape index (κ1) is 13.3. The number of hydrogen-bond donors (Lipinski definition) is 2. The predicted octanol–water partition coefficient (Wildman–Crippen LogP) is 3.16. The number of nitrogen functional groups attached to an aromatic ring is 1. The molecule has 0 amide bonds. The molecule has 2 aromatic rings. The molecule has 21 heavy (non-hydrogen) atoms. The fourth-order valence-corrected chi connectivity index (χ4v) is 4.13. The molecule has 4 heteroatoms. The lowest BCUT2D eigenvalue weighted by atomic mass is 10.0. The van der Waals surface area contributed by atoms with Crippen molar-refractivity contribution in [1.82, 2.24) is 10.3 Å². The maximum absolute atomic E-state index is 5.98. The third-order valence-electron chi connectivity index (χ3n) is 4.93. The van der Waals surface area contributed by atoms with E-state index in [1.54, 1.807) is 6.20 Å². The Hall–Kier alpha value is -1.39. The van der Waals surface area contributed by atoms with Gasteiger partial charge in [-0.05, 0) is 54.2 Å². The summed E-state index contributed by atoms with van der Waals surface area (Å²) in [4.78, 5) is 4.19. The number of hydrogen-bond acceptors (Lipinski definition) is 3. The van der Waals surface area contributed by atoms with Crippen molar-refractivity contribution in [1.29, 1.82) is 0 Å². The predicted molar refractivity (Wildman–Crippen MR) is 88.1 cm³/mol. The van der Waals surface area contributed by atoms with E-state index >= 15 is 0 Å². The van der Waals surface area contributed by atoms with E-state index in [0.717, 1.165) is 18.0 Å². The molecule has 108 valence electrons. The van der Waals surface area contributed by atoms with Gasteiger partial charge in [0.05, 0.1) is 0 Å². The first-order chi connectivity index (χ1) is 10.1. The summed E-state index contributed by atoms with van der Waals surface area (Å²) in [6.07, 6.45) is 2.97. The lowest BCUT2D eigenvalue weighted by Crippen LogP contribution is -2.22. The van der Waals surface area contributed by atoms with Gasteiger partial charge in [0.2, 0.25) is 0 Å². The lowest BCUT2D eigenvalue weighted by molar-refractivity contribution is 0.621. The molecule has 1 aromatic heterocycles. The Morgan fingerprint density at radius 1 is 1.38 bits per heavy atom. The van der Waals surface area contributed by atoms with Gasteiger partial charge in [0, 0.05) is 34.7 Å². The molecule has 1 saturated carbocycles. The number of halogens is 1. The number of benzene rings is 1. The number of aromatic nitrogens is 1. The molecule has 2 aliphatic rings. The number of pyridine rings is 1. The van der Waals surface area contributed by atoms with Crippen LogP contribution in [0.3, 0.4) is 0 Å². The van der Waals surface area contributed by atoms with Gasteiger partial charge >= 0.3 is 0 Å². The molecule has 4 rings (SSSR count). The summed E-state index contributed by atoms with van der Waals surface area (Å²) in [7, 11) is 0. The summed E-state index contributed by atoms with van der Waals surface area (Å²) in [6.45, 7) is 2.91. The third-order valence-corrected chi connectivity index (χ3v) is 5.42. The molecule has 0 radical (unpaired) electrons. The highest BCUT2D eigenvalue weighted by molar-refractivity contribution is 9.10. The number of nitrogens with zero attached hydrogens (tertiary/aromatic N) is 1. The van der Waals surface area contributed by atoms with Crippen LogP contribution in [0, 0.1) is 12.8 Å². The van der Waals surface area contributed by atoms with Crippen molar-refractivity contribution in [3.05, 3.63) is 57.2 Å². The van der Waals surface area contributed by atoms with Crippen molar-refractivity contribution in [2.24, 2.45) is 5.92 Å². The van der Waals surface area contributed by atoms with E-state index in [-0.39, 0.29) is 0 Å². The van der Waals surface area contributed by atoms with E-state index in [1.165, 1.54) is 27.6 Å². The zero-order valence-electron chi connectivity index (χ0n) is 11.9. The summed E-state index contributed by atoms with van der Waals surface area (Å²) < 4.78 is 1.19. The average molecular weight is 344 g/mol. The zero-order valence-corrected chi connectivity index (χ0v) is 13.5. The summed E-state index contributed by atoms with van der Waals surface area (Å²) in [5, 5.41) is 3.68. The number of nitrogens with one attached hydrogen (secondary N) is 1. The molecule has 1 heterocycles. The highest BCUT2D eigenvalue weighted by atomic mass is 79.9. The van der Waals surface area contributed by atoms with Crippen molar-refractivity contribution in [2.45, 2.75) is 31.8 Å². The van der Waals surface area contributed by atoms with Gasteiger partial charge in [-0.2, -0.15) is 0 Å². The van der Waals surface area contributed by atoms with Crippen LogP contribution in [0.25, 0.3) is 0 Å². The quantitative estimate of drug-likeness (QED) is 0.899. The summed E-state index contributed by atoms with van der Waals surface area (Å²) in [5.41, 5.74) is 11.4. The molecule has 0 aliphatic heterocycles. The number of nitrogens with two attached hydrogens (primary N) is 1. The van der Waals surface area contributed by atoms with Crippen LogP contribution < -0.4 is 11.1 Å². The highest BCUT2D eigenvalue weighted by Gasteiger charge is 2.55. The first-order valence-electron chi connectivity index (χ1n) is 7.37. The fourth-order valence-electron chi connectivity index (χ4n) is 3.72. The van der Waals surface area contributed by atoms with Crippen molar-refractivity contribution in [3.63, 3.8) is 0 Å². The van der Waals surface area contributed by atoms with Crippen molar-refractivity contribution >= 4 is 21.7 Å². The van der Waals surface area contributed by atoms with Crippen LogP contribution in [-0.4, -0.2) is 11.0 Å². The second-order valence-corrected chi connectivity index (χ2v) is 7.05. The van der Waals surface area contributed by atoms with E-state index in [4.69, 9.17) is 5.73 Å². The zero-order chi connectivity index (χ0) is 14.6. The van der Waals surface area contributed by atoms with E-state index in [0.29, 0.717) is 17.8 Å². The maximum atomic E-state index is 5.98. The second-order valence-electron chi connectivity index (χ2n) is 6.14. The molecule has 3 nitrogen and oxygen atoms in total. The second kappa shape index (κ2) is 4.82. The molecule has 1 aromatic carbocycles. The third kappa shape index (κ3) is 2.17. The van der Waals surface area contributed by atoms with E-state index in [2.05, 4.69) is 51.4 Å². The Kier molecular flexibility index (Phi) is 3.05. The molecule has 0 saturated heterocycles. The van der Waals surface area contributed by atoms with Crippen LogP contribution in [0.4, 0.5) is 5.82 Å². The molecule has 1 fully saturated rings. The normalized spacial score (nSPS) is 25.5. The highest BCUT2D eigenvalue weighted by Crippen LogP contribution is 2.56. The molecular weight excluding hydrogens is 326 g/mol. The van der Waals surface area contributed by atoms with Gasteiger partial charge in [0.25, 0.3) is 0 Å². The van der Waals surface area contributed by atoms with Crippen LogP contribution in [0.5, 0.6) is 0 Å². The average Bonchev–Trinajstić information content (AvgIpc) is 2.98. The summed E-state index contributed by atoms with van der Waals surface area (Å²) in [5.74, 6) is 2.09. The molecule has 2 aliphatic carbocycles. The number of anilines is 1. The van der Waals surface area contributed by atoms with Gasteiger partial charge in [0.15, 0.2) is 0 Å². The topological polar surface area (TPSA) is 50.9 Å². The Balaban J connectivity index is 1.47. The van der Waals surface area contributed by atoms with Gasteiger partial charge in [-0.25, -0.2) is 4.98 Å².